The summed E-state index contributed by atoms with van der Waals surface area (Å²) in [5.74, 6) is -0.130. The lowest BCUT2D eigenvalue weighted by Crippen LogP contribution is -2.29. The maximum absolute atomic E-state index is 12.9. The van der Waals surface area contributed by atoms with E-state index in [-0.39, 0.29) is 11.7 Å². The second-order valence-electron chi connectivity index (χ2n) is 6.51. The molecule has 0 saturated carbocycles. The minimum absolute atomic E-state index is 0.108. The number of hydrogen-bond acceptors (Lipinski definition) is 2. The molecule has 1 unspecified atom stereocenters. The second-order valence-corrected chi connectivity index (χ2v) is 6.92. The molecule has 3 nitrogen and oxygen atoms in total. The van der Waals surface area contributed by atoms with E-state index in [1.54, 1.807) is 24.3 Å². The van der Waals surface area contributed by atoms with Gasteiger partial charge in [0.1, 0.15) is 5.75 Å². The number of fused-ring (bicyclic) bond motifs is 1. The molecule has 1 amide bonds. The van der Waals surface area contributed by atoms with Crippen LogP contribution < -0.4 is 5.32 Å². The highest BCUT2D eigenvalue weighted by molar-refractivity contribution is 6.31. The molecule has 0 aliphatic heterocycles. The van der Waals surface area contributed by atoms with Gasteiger partial charge in [0.15, 0.2) is 0 Å². The molecule has 0 saturated heterocycles. The van der Waals surface area contributed by atoms with Crippen molar-refractivity contribution in [3.63, 3.8) is 0 Å². The van der Waals surface area contributed by atoms with E-state index in [4.69, 9.17) is 11.6 Å². The maximum Gasteiger partial charge on any atom is 0.252 e. The van der Waals surface area contributed by atoms with Crippen LogP contribution in [0.5, 0.6) is 5.75 Å². The Hall–Kier alpha value is -3.30. The van der Waals surface area contributed by atoms with Gasteiger partial charge in [0.05, 0.1) is 6.04 Å². The fourth-order valence-corrected chi connectivity index (χ4v) is 3.65. The molecule has 0 aliphatic carbocycles. The summed E-state index contributed by atoms with van der Waals surface area (Å²) >= 11 is 6.47. The Kier molecular flexibility index (Phi) is 5.00. The SMILES string of the molecule is O=C(NC(c1ccccc1Cl)c1c(O)ccc2ccccc12)c1ccccc1. The first kappa shape index (κ1) is 18.1. The summed E-state index contributed by atoms with van der Waals surface area (Å²) in [6, 6.07) is 27.0. The number of phenolic OH excluding ortho intramolecular Hbond substituents is 1. The van der Waals surface area contributed by atoms with E-state index in [1.165, 1.54) is 0 Å². The van der Waals surface area contributed by atoms with Crippen molar-refractivity contribution in [2.24, 2.45) is 0 Å². The first-order chi connectivity index (χ1) is 13.6. The number of halogens is 1. The zero-order valence-electron chi connectivity index (χ0n) is 15.0. The molecule has 0 bridgehead atoms. The van der Waals surface area contributed by atoms with E-state index in [2.05, 4.69) is 5.32 Å². The Balaban J connectivity index is 1.89. The van der Waals surface area contributed by atoms with E-state index >= 15 is 0 Å². The van der Waals surface area contributed by atoms with Crippen LogP contribution in [0.3, 0.4) is 0 Å². The average molecular weight is 388 g/mol. The van der Waals surface area contributed by atoms with Crippen molar-refractivity contribution in [1.29, 1.82) is 0 Å². The van der Waals surface area contributed by atoms with Gasteiger partial charge in [-0.1, -0.05) is 78.3 Å². The van der Waals surface area contributed by atoms with E-state index in [9.17, 15) is 9.90 Å². The molecular weight excluding hydrogens is 370 g/mol. The Labute approximate surface area is 168 Å². The van der Waals surface area contributed by atoms with Crippen molar-refractivity contribution in [3.8, 4) is 5.75 Å². The fourth-order valence-electron chi connectivity index (χ4n) is 3.41. The molecule has 4 aromatic carbocycles. The quantitative estimate of drug-likeness (QED) is 0.470. The average Bonchev–Trinajstić information content (AvgIpc) is 2.73. The van der Waals surface area contributed by atoms with Gasteiger partial charge in [-0.2, -0.15) is 0 Å². The third kappa shape index (κ3) is 3.45. The van der Waals surface area contributed by atoms with Gasteiger partial charge in [0.25, 0.3) is 5.91 Å². The van der Waals surface area contributed by atoms with Crippen LogP contribution in [-0.2, 0) is 0 Å². The largest absolute Gasteiger partial charge is 0.508 e. The summed E-state index contributed by atoms with van der Waals surface area (Å²) in [5, 5.41) is 16.1. The first-order valence-electron chi connectivity index (χ1n) is 8.96. The number of carbonyl (C=O) groups is 1. The Bertz CT molecular complexity index is 1140. The van der Waals surface area contributed by atoms with E-state index in [0.717, 1.165) is 16.3 Å². The Morgan fingerprint density at radius 2 is 1.50 bits per heavy atom. The van der Waals surface area contributed by atoms with Crippen molar-refractivity contribution in [2.45, 2.75) is 6.04 Å². The molecule has 0 radical (unpaired) electrons. The third-order valence-corrected chi connectivity index (χ3v) is 5.11. The van der Waals surface area contributed by atoms with Gasteiger partial charge in [0.2, 0.25) is 0 Å². The smallest absolute Gasteiger partial charge is 0.252 e. The molecule has 138 valence electrons. The number of nitrogens with one attached hydrogen (secondary N) is 1. The number of phenols is 1. The topological polar surface area (TPSA) is 49.3 Å². The minimum atomic E-state index is -0.604. The highest BCUT2D eigenvalue weighted by Crippen LogP contribution is 2.38. The van der Waals surface area contributed by atoms with Crippen molar-refractivity contribution >= 4 is 28.3 Å². The molecule has 0 heterocycles. The summed E-state index contributed by atoms with van der Waals surface area (Å²) in [7, 11) is 0. The summed E-state index contributed by atoms with van der Waals surface area (Å²) in [6.07, 6.45) is 0. The molecule has 4 rings (SSSR count). The molecule has 0 fully saturated rings. The van der Waals surface area contributed by atoms with Crippen molar-refractivity contribution in [3.05, 3.63) is 113 Å². The summed E-state index contributed by atoms with van der Waals surface area (Å²) < 4.78 is 0. The summed E-state index contributed by atoms with van der Waals surface area (Å²) in [6.45, 7) is 0. The van der Waals surface area contributed by atoms with Gasteiger partial charge >= 0.3 is 0 Å². The van der Waals surface area contributed by atoms with E-state index < -0.39 is 6.04 Å². The molecule has 1 atom stereocenters. The van der Waals surface area contributed by atoms with Crippen molar-refractivity contribution < 1.29 is 9.90 Å². The molecule has 0 aromatic heterocycles. The van der Waals surface area contributed by atoms with Gasteiger partial charge < -0.3 is 10.4 Å². The minimum Gasteiger partial charge on any atom is -0.508 e. The van der Waals surface area contributed by atoms with Crippen LogP contribution in [0.2, 0.25) is 5.02 Å². The van der Waals surface area contributed by atoms with Crippen LogP contribution in [0.25, 0.3) is 10.8 Å². The number of carbonyl (C=O) groups excluding carboxylic acids is 1. The molecular formula is C24H18ClNO2. The van der Waals surface area contributed by atoms with Gasteiger partial charge in [0, 0.05) is 16.1 Å². The standard InChI is InChI=1S/C24H18ClNO2/c25-20-13-7-6-12-19(20)23(26-24(28)17-9-2-1-3-10-17)22-18-11-5-4-8-16(18)14-15-21(22)27/h1-15,23,27H,(H,26,28). The summed E-state index contributed by atoms with van der Waals surface area (Å²) in [5.41, 5.74) is 1.88. The van der Waals surface area contributed by atoms with E-state index in [1.807, 2.05) is 66.7 Å². The summed E-state index contributed by atoms with van der Waals surface area (Å²) in [4.78, 5) is 12.9. The molecule has 2 N–H and O–H groups in total. The molecule has 0 spiro atoms. The number of benzene rings is 4. The predicted molar refractivity (Wildman–Crippen MR) is 113 cm³/mol. The molecule has 4 aromatic rings. The number of hydrogen-bond donors (Lipinski definition) is 2. The highest BCUT2D eigenvalue weighted by Gasteiger charge is 2.24. The Morgan fingerprint density at radius 1 is 0.821 bits per heavy atom. The zero-order chi connectivity index (χ0) is 19.5. The number of aromatic hydroxyl groups is 1. The van der Waals surface area contributed by atoms with Crippen LogP contribution in [0, 0.1) is 0 Å². The lowest BCUT2D eigenvalue weighted by molar-refractivity contribution is 0.0943. The molecule has 0 aliphatic rings. The number of rotatable bonds is 4. The van der Waals surface area contributed by atoms with Crippen LogP contribution in [0.15, 0.2) is 91.0 Å². The Morgan fingerprint density at radius 3 is 2.29 bits per heavy atom. The number of amides is 1. The normalized spacial score (nSPS) is 11.9. The fraction of sp³-hybridized carbons (Fsp3) is 0.0417. The second kappa shape index (κ2) is 7.75. The van der Waals surface area contributed by atoms with Crippen molar-refractivity contribution in [1.82, 2.24) is 5.32 Å². The third-order valence-electron chi connectivity index (χ3n) is 4.76. The maximum atomic E-state index is 12.9. The van der Waals surface area contributed by atoms with Gasteiger partial charge in [-0.25, -0.2) is 0 Å². The zero-order valence-corrected chi connectivity index (χ0v) is 15.7. The van der Waals surface area contributed by atoms with Crippen LogP contribution in [-0.4, -0.2) is 11.0 Å². The predicted octanol–water partition coefficient (Wildman–Crippen LogP) is 5.72. The van der Waals surface area contributed by atoms with Crippen molar-refractivity contribution in [2.75, 3.05) is 0 Å². The van der Waals surface area contributed by atoms with E-state index in [0.29, 0.717) is 16.1 Å². The van der Waals surface area contributed by atoms with Gasteiger partial charge in [-0.3, -0.25) is 4.79 Å². The molecule has 28 heavy (non-hydrogen) atoms. The van der Waals surface area contributed by atoms with Crippen LogP contribution in [0.4, 0.5) is 0 Å². The monoisotopic (exact) mass is 387 g/mol. The van der Waals surface area contributed by atoms with Gasteiger partial charge in [-0.15, -0.1) is 0 Å². The first-order valence-corrected chi connectivity index (χ1v) is 9.34. The van der Waals surface area contributed by atoms with Crippen LogP contribution >= 0.6 is 11.6 Å². The lowest BCUT2D eigenvalue weighted by atomic mass is 9.92. The van der Waals surface area contributed by atoms with Crippen LogP contribution in [0.1, 0.15) is 27.5 Å². The molecule has 4 heteroatoms. The highest BCUT2D eigenvalue weighted by atomic mass is 35.5. The lowest BCUT2D eigenvalue weighted by Gasteiger charge is -2.23. The van der Waals surface area contributed by atoms with Gasteiger partial charge in [-0.05, 0) is 40.6 Å².